The molecule has 2 atom stereocenters. The fourth-order valence-corrected chi connectivity index (χ4v) is 10.5. The highest BCUT2D eigenvalue weighted by Crippen LogP contribution is 2.19. The van der Waals surface area contributed by atoms with Crippen LogP contribution < -0.4 is 5.32 Å². The Morgan fingerprint density at radius 3 is 0.829 bits per heavy atom. The van der Waals surface area contributed by atoms with Crippen LogP contribution in [0, 0.1) is 0 Å². The van der Waals surface area contributed by atoms with Crippen molar-refractivity contribution in [3.8, 4) is 0 Å². The van der Waals surface area contributed by atoms with E-state index in [9.17, 15) is 15.0 Å². The summed E-state index contributed by atoms with van der Waals surface area (Å²) in [6, 6.07) is -0.637. The first kappa shape index (κ1) is 68.9. The van der Waals surface area contributed by atoms with Crippen LogP contribution in [-0.2, 0) is 4.79 Å². The fourth-order valence-electron chi connectivity index (χ4n) is 10.5. The van der Waals surface area contributed by atoms with Gasteiger partial charge in [-0.05, 0) is 32.1 Å². The molecule has 0 aliphatic heterocycles. The van der Waals surface area contributed by atoms with E-state index in [-0.39, 0.29) is 12.5 Å². The molecule has 2 unspecified atom stereocenters. The van der Waals surface area contributed by atoms with Crippen molar-refractivity contribution in [2.75, 3.05) is 6.61 Å². The van der Waals surface area contributed by atoms with Crippen LogP contribution >= 0.6 is 0 Å². The van der Waals surface area contributed by atoms with Gasteiger partial charge in [-0.25, -0.2) is 0 Å². The molecule has 0 radical (unpaired) electrons. The van der Waals surface area contributed by atoms with E-state index in [4.69, 9.17) is 0 Å². The van der Waals surface area contributed by atoms with Crippen LogP contribution in [0.4, 0.5) is 0 Å². The van der Waals surface area contributed by atoms with E-state index in [0.29, 0.717) is 6.42 Å². The topological polar surface area (TPSA) is 69.6 Å². The molecule has 70 heavy (non-hydrogen) atoms. The Morgan fingerprint density at radius 1 is 0.329 bits per heavy atom. The summed E-state index contributed by atoms with van der Waals surface area (Å²) in [4.78, 5) is 12.5. The lowest BCUT2D eigenvalue weighted by Crippen LogP contribution is -2.45. The van der Waals surface area contributed by atoms with E-state index >= 15 is 0 Å². The van der Waals surface area contributed by atoms with E-state index in [1.165, 1.54) is 321 Å². The lowest BCUT2D eigenvalue weighted by atomic mass is 10.0. The van der Waals surface area contributed by atoms with Crippen molar-refractivity contribution in [2.45, 2.75) is 386 Å². The Kier molecular flexibility index (Phi) is 61.2. The molecule has 0 aliphatic rings. The second-order valence-electron chi connectivity index (χ2n) is 22.5. The molecule has 0 aromatic carbocycles. The molecule has 0 aromatic heterocycles. The number of hydrogen-bond donors (Lipinski definition) is 3. The Labute approximate surface area is 440 Å². The summed E-state index contributed by atoms with van der Waals surface area (Å²) in [6.45, 7) is 4.34. The second kappa shape index (κ2) is 62.2. The zero-order chi connectivity index (χ0) is 50.6. The summed E-state index contributed by atoms with van der Waals surface area (Å²) in [6.07, 6.45) is 84.0. The molecule has 4 nitrogen and oxygen atoms in total. The van der Waals surface area contributed by atoms with E-state index < -0.39 is 12.1 Å². The Hall–Kier alpha value is -1.13. The second-order valence-corrected chi connectivity index (χ2v) is 22.5. The van der Waals surface area contributed by atoms with Gasteiger partial charge in [0.1, 0.15) is 0 Å². The maximum absolute atomic E-state index is 12.5. The van der Waals surface area contributed by atoms with Crippen LogP contribution in [0.25, 0.3) is 0 Å². The molecule has 0 rings (SSSR count). The van der Waals surface area contributed by atoms with Gasteiger partial charge in [-0.15, -0.1) is 0 Å². The summed E-state index contributed by atoms with van der Waals surface area (Å²) in [5.74, 6) is -0.0652. The summed E-state index contributed by atoms with van der Waals surface area (Å²) in [5, 5.41) is 23.2. The standard InChI is InChI=1S/C66H129NO3/c1-3-5-7-9-11-13-15-17-19-21-23-25-26-27-28-29-30-31-32-33-34-35-36-37-38-39-40-42-44-46-48-50-52-54-56-58-60-62-66(70)67-64(63-68)65(69)61-59-57-55-53-51-49-47-45-43-41-24-22-20-18-16-14-12-10-8-6-4-2/h51,53,59,61,64-65,68-69H,3-50,52,54-58,60,62-63H2,1-2H3,(H,67,70)/b53-51+,61-59+. The number of unbranched alkanes of at least 4 members (excludes halogenated alkanes) is 52. The smallest absolute Gasteiger partial charge is 0.220 e. The lowest BCUT2D eigenvalue weighted by Gasteiger charge is -2.19. The highest BCUT2D eigenvalue weighted by Gasteiger charge is 2.18. The van der Waals surface area contributed by atoms with Crippen molar-refractivity contribution in [1.82, 2.24) is 5.32 Å². The number of amides is 1. The molecule has 1 amide bonds. The van der Waals surface area contributed by atoms with E-state index in [1.807, 2.05) is 6.08 Å². The average molecular weight is 985 g/mol. The molecule has 3 N–H and O–H groups in total. The number of carbonyl (C=O) groups is 1. The Balaban J connectivity index is 3.40. The molecule has 0 saturated heterocycles. The highest BCUT2D eigenvalue weighted by molar-refractivity contribution is 5.76. The Morgan fingerprint density at radius 2 is 0.557 bits per heavy atom. The maximum atomic E-state index is 12.5. The number of nitrogens with one attached hydrogen (secondary N) is 1. The minimum atomic E-state index is -0.860. The normalized spacial score (nSPS) is 12.8. The SMILES string of the molecule is CCCCCCCCCCCCCCCCC/C=C/CC/C=C/C(O)C(CO)NC(=O)CCCCCCCCCCCCCCCCCCCCCCCCCCCCCCCCCCCCCCC. The zero-order valence-corrected chi connectivity index (χ0v) is 48.1. The number of hydrogen-bond acceptors (Lipinski definition) is 3. The van der Waals surface area contributed by atoms with Gasteiger partial charge >= 0.3 is 0 Å². The molecule has 0 spiro atoms. The third kappa shape index (κ3) is 57.8. The van der Waals surface area contributed by atoms with Gasteiger partial charge in [0, 0.05) is 6.42 Å². The molecular formula is C66H129NO3. The van der Waals surface area contributed by atoms with Crippen molar-refractivity contribution in [3.63, 3.8) is 0 Å². The van der Waals surface area contributed by atoms with Gasteiger partial charge in [0.15, 0.2) is 0 Å². The van der Waals surface area contributed by atoms with Gasteiger partial charge in [-0.1, -0.05) is 359 Å². The summed E-state index contributed by atoms with van der Waals surface area (Å²) < 4.78 is 0. The van der Waals surface area contributed by atoms with Gasteiger partial charge in [0.05, 0.1) is 18.8 Å². The van der Waals surface area contributed by atoms with Crippen LogP contribution in [0.5, 0.6) is 0 Å². The molecule has 0 aromatic rings. The van der Waals surface area contributed by atoms with Crippen molar-refractivity contribution < 1.29 is 15.0 Å². The minimum Gasteiger partial charge on any atom is -0.394 e. The molecular weight excluding hydrogens is 855 g/mol. The number of aliphatic hydroxyl groups excluding tert-OH is 2. The summed E-state index contributed by atoms with van der Waals surface area (Å²) >= 11 is 0. The number of aliphatic hydroxyl groups is 2. The lowest BCUT2D eigenvalue weighted by molar-refractivity contribution is -0.123. The molecule has 0 fully saturated rings. The van der Waals surface area contributed by atoms with Gasteiger partial charge in [0.25, 0.3) is 0 Å². The monoisotopic (exact) mass is 984 g/mol. The number of allylic oxidation sites excluding steroid dienone is 3. The van der Waals surface area contributed by atoms with Crippen molar-refractivity contribution >= 4 is 5.91 Å². The van der Waals surface area contributed by atoms with E-state index in [2.05, 4.69) is 31.3 Å². The van der Waals surface area contributed by atoms with Crippen LogP contribution in [0.2, 0.25) is 0 Å². The summed E-state index contributed by atoms with van der Waals surface area (Å²) in [7, 11) is 0. The molecule has 0 saturated carbocycles. The average Bonchev–Trinajstić information content (AvgIpc) is 3.36. The molecule has 4 heteroatoms. The van der Waals surface area contributed by atoms with Crippen LogP contribution in [0.1, 0.15) is 373 Å². The fraction of sp³-hybridized carbons (Fsp3) is 0.924. The molecule has 416 valence electrons. The van der Waals surface area contributed by atoms with Crippen molar-refractivity contribution in [3.05, 3.63) is 24.3 Å². The third-order valence-electron chi connectivity index (χ3n) is 15.4. The van der Waals surface area contributed by atoms with Crippen LogP contribution in [0.15, 0.2) is 24.3 Å². The minimum absolute atomic E-state index is 0.0652. The first-order chi connectivity index (χ1) is 34.7. The number of carbonyl (C=O) groups excluding carboxylic acids is 1. The quantitative estimate of drug-likeness (QED) is 0.0420. The van der Waals surface area contributed by atoms with E-state index in [0.717, 1.165) is 32.1 Å². The number of rotatable bonds is 61. The van der Waals surface area contributed by atoms with Crippen molar-refractivity contribution in [1.29, 1.82) is 0 Å². The third-order valence-corrected chi connectivity index (χ3v) is 15.4. The molecule has 0 heterocycles. The van der Waals surface area contributed by atoms with Crippen molar-refractivity contribution in [2.24, 2.45) is 0 Å². The molecule has 0 bridgehead atoms. The maximum Gasteiger partial charge on any atom is 0.220 e. The van der Waals surface area contributed by atoms with Gasteiger partial charge in [-0.2, -0.15) is 0 Å². The van der Waals surface area contributed by atoms with Crippen LogP contribution in [-0.4, -0.2) is 34.9 Å². The Bertz CT molecular complexity index is 1020. The first-order valence-electron chi connectivity index (χ1n) is 32.6. The van der Waals surface area contributed by atoms with Crippen LogP contribution in [0.3, 0.4) is 0 Å². The van der Waals surface area contributed by atoms with Gasteiger partial charge < -0.3 is 15.5 Å². The van der Waals surface area contributed by atoms with Gasteiger partial charge in [-0.3, -0.25) is 4.79 Å². The highest BCUT2D eigenvalue weighted by atomic mass is 16.3. The largest absolute Gasteiger partial charge is 0.394 e. The predicted molar refractivity (Wildman–Crippen MR) is 313 cm³/mol. The zero-order valence-electron chi connectivity index (χ0n) is 48.1. The van der Waals surface area contributed by atoms with E-state index in [1.54, 1.807) is 6.08 Å². The van der Waals surface area contributed by atoms with Gasteiger partial charge in [0.2, 0.25) is 5.91 Å². The predicted octanol–water partition coefficient (Wildman–Crippen LogP) is 21.8. The first-order valence-corrected chi connectivity index (χ1v) is 32.6. The summed E-state index contributed by atoms with van der Waals surface area (Å²) in [5.41, 5.74) is 0. The molecule has 0 aliphatic carbocycles.